The number of rotatable bonds is 3. The first-order chi connectivity index (χ1) is 8.13. The van der Waals surface area contributed by atoms with Gasteiger partial charge in [0, 0.05) is 17.5 Å². The summed E-state index contributed by atoms with van der Waals surface area (Å²) in [5.41, 5.74) is 1.80. The summed E-state index contributed by atoms with van der Waals surface area (Å²) in [5.74, 6) is -0.191. The predicted octanol–water partition coefficient (Wildman–Crippen LogP) is 2.66. The van der Waals surface area contributed by atoms with E-state index in [2.05, 4.69) is 4.98 Å². The van der Waals surface area contributed by atoms with Crippen LogP contribution in [0.3, 0.4) is 0 Å². The van der Waals surface area contributed by atoms with Gasteiger partial charge in [-0.05, 0) is 13.0 Å². The Morgan fingerprint density at radius 2 is 2.12 bits per heavy atom. The van der Waals surface area contributed by atoms with Crippen molar-refractivity contribution in [3.8, 4) is 5.88 Å². The van der Waals surface area contributed by atoms with Crippen molar-refractivity contribution in [1.82, 2.24) is 4.98 Å². The SMILES string of the molecule is CCC1(c2cc(Cl)nc(OC)c2C)OCCO1. The standard InChI is InChI=1S/C12H16ClNO3/c1-4-12(16-5-6-17-12)9-7-10(13)14-11(15-3)8(9)2/h7H,4-6H2,1-3H3. The van der Waals surface area contributed by atoms with Gasteiger partial charge in [0.05, 0.1) is 20.3 Å². The average Bonchev–Trinajstić information content (AvgIpc) is 2.81. The first-order valence-corrected chi connectivity index (χ1v) is 6.00. The molecule has 1 aromatic heterocycles. The number of ether oxygens (including phenoxy) is 3. The molecular weight excluding hydrogens is 242 g/mol. The minimum atomic E-state index is -0.704. The van der Waals surface area contributed by atoms with Gasteiger partial charge in [-0.1, -0.05) is 18.5 Å². The molecule has 0 N–H and O–H groups in total. The van der Waals surface area contributed by atoms with E-state index in [9.17, 15) is 0 Å². The number of hydrogen-bond donors (Lipinski definition) is 0. The van der Waals surface area contributed by atoms with Crippen LogP contribution in [0.4, 0.5) is 0 Å². The van der Waals surface area contributed by atoms with Gasteiger partial charge in [-0.3, -0.25) is 0 Å². The molecule has 4 nitrogen and oxygen atoms in total. The van der Waals surface area contributed by atoms with Gasteiger partial charge in [0.25, 0.3) is 0 Å². The summed E-state index contributed by atoms with van der Waals surface area (Å²) in [5, 5.41) is 0.384. The largest absolute Gasteiger partial charge is 0.481 e. The molecule has 5 heteroatoms. The molecule has 0 radical (unpaired) electrons. The molecule has 0 aromatic carbocycles. The molecule has 1 aromatic rings. The van der Waals surface area contributed by atoms with Gasteiger partial charge in [0.2, 0.25) is 5.88 Å². The van der Waals surface area contributed by atoms with Gasteiger partial charge in [0.1, 0.15) is 5.15 Å². The summed E-state index contributed by atoms with van der Waals surface area (Å²) in [6, 6.07) is 1.79. The van der Waals surface area contributed by atoms with Crippen LogP contribution < -0.4 is 4.74 Å². The number of methoxy groups -OCH3 is 1. The van der Waals surface area contributed by atoms with E-state index >= 15 is 0 Å². The molecule has 0 aliphatic carbocycles. The Morgan fingerprint density at radius 1 is 1.47 bits per heavy atom. The molecule has 2 heterocycles. The molecule has 0 atom stereocenters. The zero-order valence-electron chi connectivity index (χ0n) is 10.2. The highest BCUT2D eigenvalue weighted by Crippen LogP contribution is 2.39. The number of halogens is 1. The van der Waals surface area contributed by atoms with E-state index in [1.165, 1.54) is 0 Å². The van der Waals surface area contributed by atoms with Gasteiger partial charge in [-0.2, -0.15) is 0 Å². The normalized spacial score (nSPS) is 18.4. The maximum Gasteiger partial charge on any atom is 0.217 e. The highest BCUT2D eigenvalue weighted by atomic mass is 35.5. The van der Waals surface area contributed by atoms with Gasteiger partial charge in [-0.25, -0.2) is 4.98 Å². The second-order valence-corrected chi connectivity index (χ2v) is 4.32. The number of aromatic nitrogens is 1. The predicted molar refractivity (Wildman–Crippen MR) is 64.4 cm³/mol. The lowest BCUT2D eigenvalue weighted by Gasteiger charge is -2.28. The monoisotopic (exact) mass is 257 g/mol. The van der Waals surface area contributed by atoms with E-state index < -0.39 is 5.79 Å². The fraction of sp³-hybridized carbons (Fsp3) is 0.583. The van der Waals surface area contributed by atoms with Crippen LogP contribution in [0.5, 0.6) is 5.88 Å². The number of hydrogen-bond acceptors (Lipinski definition) is 4. The fourth-order valence-electron chi connectivity index (χ4n) is 2.15. The van der Waals surface area contributed by atoms with Crippen LogP contribution in [0.25, 0.3) is 0 Å². The molecule has 94 valence electrons. The summed E-state index contributed by atoms with van der Waals surface area (Å²) in [7, 11) is 1.57. The molecule has 2 rings (SSSR count). The van der Waals surface area contributed by atoms with Gasteiger partial charge in [0.15, 0.2) is 5.79 Å². The molecular formula is C12H16ClNO3. The number of pyridine rings is 1. The first-order valence-electron chi connectivity index (χ1n) is 5.62. The fourth-order valence-corrected chi connectivity index (χ4v) is 2.34. The molecule has 0 saturated carbocycles. The van der Waals surface area contributed by atoms with Crippen LogP contribution in [0.1, 0.15) is 24.5 Å². The van der Waals surface area contributed by atoms with Crippen molar-refractivity contribution < 1.29 is 14.2 Å². The Balaban J connectivity index is 2.53. The Morgan fingerprint density at radius 3 is 2.65 bits per heavy atom. The molecule has 0 spiro atoms. The molecule has 17 heavy (non-hydrogen) atoms. The van der Waals surface area contributed by atoms with Crippen LogP contribution >= 0.6 is 11.6 Å². The smallest absolute Gasteiger partial charge is 0.217 e. The van der Waals surface area contributed by atoms with Crippen LogP contribution in [-0.4, -0.2) is 25.3 Å². The van der Waals surface area contributed by atoms with Crippen LogP contribution in [-0.2, 0) is 15.3 Å². The van der Waals surface area contributed by atoms with E-state index in [0.717, 1.165) is 17.5 Å². The molecule has 1 aliphatic heterocycles. The second-order valence-electron chi connectivity index (χ2n) is 3.93. The molecule has 0 unspecified atom stereocenters. The third kappa shape index (κ3) is 2.12. The Bertz CT molecular complexity index is 416. The van der Waals surface area contributed by atoms with E-state index in [1.807, 2.05) is 13.8 Å². The molecule has 0 amide bonds. The minimum absolute atomic E-state index is 0.384. The summed E-state index contributed by atoms with van der Waals surface area (Å²) < 4.78 is 16.7. The third-order valence-electron chi connectivity index (χ3n) is 3.02. The summed E-state index contributed by atoms with van der Waals surface area (Å²) >= 11 is 6.00. The Kier molecular flexibility index (Phi) is 3.56. The van der Waals surface area contributed by atoms with Crippen LogP contribution in [0, 0.1) is 6.92 Å². The zero-order valence-corrected chi connectivity index (χ0v) is 11.0. The molecule has 1 saturated heterocycles. The highest BCUT2D eigenvalue weighted by molar-refractivity contribution is 6.29. The van der Waals surface area contributed by atoms with E-state index in [4.69, 9.17) is 25.8 Å². The summed E-state index contributed by atoms with van der Waals surface area (Å²) in [4.78, 5) is 4.12. The van der Waals surface area contributed by atoms with E-state index in [0.29, 0.717) is 24.2 Å². The van der Waals surface area contributed by atoms with E-state index in [-0.39, 0.29) is 0 Å². The minimum Gasteiger partial charge on any atom is -0.481 e. The van der Waals surface area contributed by atoms with Crippen molar-refractivity contribution in [3.05, 3.63) is 22.3 Å². The summed E-state index contributed by atoms with van der Waals surface area (Å²) in [6.45, 7) is 5.14. The quantitative estimate of drug-likeness (QED) is 0.781. The highest BCUT2D eigenvalue weighted by Gasteiger charge is 2.39. The lowest BCUT2D eigenvalue weighted by Crippen LogP contribution is -2.27. The maximum absolute atomic E-state index is 6.00. The van der Waals surface area contributed by atoms with Gasteiger partial charge < -0.3 is 14.2 Å². The second kappa shape index (κ2) is 4.80. The van der Waals surface area contributed by atoms with Crippen LogP contribution in [0.2, 0.25) is 5.15 Å². The maximum atomic E-state index is 6.00. The first kappa shape index (κ1) is 12.6. The lowest BCUT2D eigenvalue weighted by molar-refractivity contribution is -0.168. The van der Waals surface area contributed by atoms with Crippen molar-refractivity contribution in [2.24, 2.45) is 0 Å². The van der Waals surface area contributed by atoms with Gasteiger partial charge in [-0.15, -0.1) is 0 Å². The van der Waals surface area contributed by atoms with Crippen molar-refractivity contribution in [1.29, 1.82) is 0 Å². The average molecular weight is 258 g/mol. The molecule has 1 aliphatic rings. The van der Waals surface area contributed by atoms with E-state index in [1.54, 1.807) is 13.2 Å². The van der Waals surface area contributed by atoms with Crippen molar-refractivity contribution >= 4 is 11.6 Å². The Labute approximate surface area is 106 Å². The lowest BCUT2D eigenvalue weighted by atomic mass is 9.99. The van der Waals surface area contributed by atoms with Gasteiger partial charge >= 0.3 is 0 Å². The zero-order chi connectivity index (χ0) is 12.5. The van der Waals surface area contributed by atoms with Crippen molar-refractivity contribution in [3.63, 3.8) is 0 Å². The molecule has 0 bridgehead atoms. The number of nitrogens with zero attached hydrogens (tertiary/aromatic N) is 1. The molecule has 1 fully saturated rings. The Hall–Kier alpha value is -0.840. The van der Waals surface area contributed by atoms with Crippen molar-refractivity contribution in [2.75, 3.05) is 20.3 Å². The topological polar surface area (TPSA) is 40.6 Å². The third-order valence-corrected chi connectivity index (χ3v) is 3.21. The van der Waals surface area contributed by atoms with Crippen molar-refractivity contribution in [2.45, 2.75) is 26.1 Å². The summed E-state index contributed by atoms with van der Waals surface area (Å²) in [6.07, 6.45) is 0.720. The van der Waals surface area contributed by atoms with Crippen LogP contribution in [0.15, 0.2) is 6.07 Å².